The van der Waals surface area contributed by atoms with Crippen molar-refractivity contribution in [2.45, 2.75) is 374 Å². The number of carbonyl (C=O) groups is 3. The van der Waals surface area contributed by atoms with Crippen LogP contribution in [0.4, 0.5) is 0 Å². The summed E-state index contributed by atoms with van der Waals surface area (Å²) in [5.41, 5.74) is 0. The molecule has 0 spiro atoms. The van der Waals surface area contributed by atoms with Gasteiger partial charge in [-0.25, -0.2) is 0 Å². The standard InChI is InChI=1S/C77H136O6/c1-4-7-10-13-16-19-22-25-28-30-31-32-33-34-35-36-37-38-39-40-41-42-43-44-45-46-48-49-52-55-58-61-64-67-70-76(79)82-73-74(72-81-75(78)69-66-63-60-57-54-51-27-24-21-18-15-12-9-6-3)83-77(80)71-68-65-62-59-56-53-50-47-29-26-23-20-17-14-11-8-5-2/h8,11,15,17-18,20,24,26-27,29,50,53,59,62,74H,4-7,9-10,12-14,16,19,21-23,25,28,30-49,51-52,54-58,60-61,63-73H2,1-3H3/b11-8-,18-15-,20-17-,27-24-,29-26-,53-50-,62-59-. The lowest BCUT2D eigenvalue weighted by Crippen LogP contribution is -2.30. The molecule has 480 valence electrons. The van der Waals surface area contributed by atoms with Gasteiger partial charge in [0.1, 0.15) is 13.2 Å². The summed E-state index contributed by atoms with van der Waals surface area (Å²) in [7, 11) is 0. The van der Waals surface area contributed by atoms with Crippen molar-refractivity contribution in [2.75, 3.05) is 13.2 Å². The average Bonchev–Trinajstić information content (AvgIpc) is 3.49. The molecule has 0 aliphatic heterocycles. The first kappa shape index (κ1) is 79.6. The second-order valence-corrected chi connectivity index (χ2v) is 24.1. The summed E-state index contributed by atoms with van der Waals surface area (Å²) in [5.74, 6) is -0.960. The van der Waals surface area contributed by atoms with Crippen molar-refractivity contribution in [2.24, 2.45) is 0 Å². The molecule has 0 heterocycles. The van der Waals surface area contributed by atoms with Crippen LogP contribution in [0.3, 0.4) is 0 Å². The van der Waals surface area contributed by atoms with Gasteiger partial charge in [0.25, 0.3) is 0 Å². The normalized spacial score (nSPS) is 12.6. The molecule has 0 N–H and O–H groups in total. The van der Waals surface area contributed by atoms with Crippen molar-refractivity contribution in [1.82, 2.24) is 0 Å². The molecule has 0 aromatic heterocycles. The van der Waals surface area contributed by atoms with Crippen LogP contribution in [0.15, 0.2) is 85.1 Å². The largest absolute Gasteiger partial charge is 0.462 e. The third-order valence-electron chi connectivity index (χ3n) is 15.9. The van der Waals surface area contributed by atoms with Gasteiger partial charge >= 0.3 is 17.9 Å². The summed E-state index contributed by atoms with van der Waals surface area (Å²) in [6.07, 6.45) is 95.1. The molecule has 0 amide bonds. The van der Waals surface area contributed by atoms with Crippen molar-refractivity contribution >= 4 is 17.9 Å². The fourth-order valence-electron chi connectivity index (χ4n) is 10.5. The van der Waals surface area contributed by atoms with Crippen molar-refractivity contribution in [1.29, 1.82) is 0 Å². The number of unbranched alkanes of at least 4 members (excludes halogenated alkanes) is 41. The van der Waals surface area contributed by atoms with E-state index in [2.05, 4.69) is 106 Å². The predicted molar refractivity (Wildman–Crippen MR) is 362 cm³/mol. The third-order valence-corrected chi connectivity index (χ3v) is 15.9. The number of carbonyl (C=O) groups excluding carboxylic acids is 3. The Morgan fingerprint density at radius 1 is 0.253 bits per heavy atom. The van der Waals surface area contributed by atoms with Crippen LogP contribution in [0, 0.1) is 0 Å². The van der Waals surface area contributed by atoms with Crippen molar-refractivity contribution in [3.8, 4) is 0 Å². The Morgan fingerprint density at radius 2 is 0.494 bits per heavy atom. The van der Waals surface area contributed by atoms with E-state index in [1.807, 2.05) is 0 Å². The van der Waals surface area contributed by atoms with E-state index in [-0.39, 0.29) is 37.5 Å². The maximum Gasteiger partial charge on any atom is 0.306 e. The monoisotopic (exact) mass is 1160 g/mol. The quantitative estimate of drug-likeness (QED) is 0.0261. The Morgan fingerprint density at radius 3 is 0.807 bits per heavy atom. The molecule has 0 aliphatic carbocycles. The molecule has 0 rings (SSSR count). The second kappa shape index (κ2) is 71.1. The van der Waals surface area contributed by atoms with Gasteiger partial charge in [0.15, 0.2) is 6.10 Å². The summed E-state index contributed by atoms with van der Waals surface area (Å²) in [4.78, 5) is 38.3. The SMILES string of the molecule is CC/C=C\C/C=C\C/C=C\C/C=C\C/C=C\CCCC(=O)OC(COC(=O)CCCCCCC/C=C\C/C=C\CCCC)COC(=O)CCCCCCCCCCCCCCCCCCCCCCCCCCCCCCCCCCCC. The van der Waals surface area contributed by atoms with Crippen LogP contribution in [0.25, 0.3) is 0 Å². The topological polar surface area (TPSA) is 78.9 Å². The highest BCUT2D eigenvalue weighted by Crippen LogP contribution is 2.18. The van der Waals surface area contributed by atoms with E-state index in [1.165, 1.54) is 218 Å². The summed E-state index contributed by atoms with van der Waals surface area (Å²) in [5, 5.41) is 0. The molecule has 0 saturated carbocycles. The molecule has 0 aromatic rings. The molecule has 1 unspecified atom stereocenters. The maximum absolute atomic E-state index is 12.9. The van der Waals surface area contributed by atoms with E-state index in [9.17, 15) is 14.4 Å². The molecule has 0 saturated heterocycles. The number of rotatable bonds is 66. The second-order valence-electron chi connectivity index (χ2n) is 24.1. The molecule has 6 heteroatoms. The van der Waals surface area contributed by atoms with Crippen LogP contribution in [0.5, 0.6) is 0 Å². The molecular weight excluding hydrogens is 1020 g/mol. The van der Waals surface area contributed by atoms with Crippen LogP contribution in [0.2, 0.25) is 0 Å². The van der Waals surface area contributed by atoms with Crippen LogP contribution >= 0.6 is 0 Å². The molecule has 0 aromatic carbocycles. The molecule has 0 aliphatic rings. The smallest absolute Gasteiger partial charge is 0.306 e. The highest BCUT2D eigenvalue weighted by atomic mass is 16.6. The van der Waals surface area contributed by atoms with Gasteiger partial charge in [-0.1, -0.05) is 350 Å². The molecule has 1 atom stereocenters. The van der Waals surface area contributed by atoms with Gasteiger partial charge in [-0.05, 0) is 83.5 Å². The number of allylic oxidation sites excluding steroid dienone is 14. The number of hydrogen-bond acceptors (Lipinski definition) is 6. The van der Waals surface area contributed by atoms with E-state index >= 15 is 0 Å². The Kier molecular flexibility index (Phi) is 68.2. The lowest BCUT2D eigenvalue weighted by Gasteiger charge is -2.18. The summed E-state index contributed by atoms with van der Waals surface area (Å²) in [6, 6.07) is 0. The number of hydrogen-bond donors (Lipinski definition) is 0. The minimum Gasteiger partial charge on any atom is -0.462 e. The molecule has 0 fully saturated rings. The van der Waals surface area contributed by atoms with Crippen molar-refractivity contribution in [3.63, 3.8) is 0 Å². The minimum atomic E-state index is -0.813. The fourth-order valence-corrected chi connectivity index (χ4v) is 10.5. The highest BCUT2D eigenvalue weighted by molar-refractivity contribution is 5.71. The van der Waals surface area contributed by atoms with Crippen molar-refractivity contribution < 1.29 is 28.6 Å². The first-order valence-corrected chi connectivity index (χ1v) is 36.1. The average molecular weight is 1160 g/mol. The molecule has 83 heavy (non-hydrogen) atoms. The first-order valence-electron chi connectivity index (χ1n) is 36.1. The van der Waals surface area contributed by atoms with Gasteiger partial charge in [-0.15, -0.1) is 0 Å². The zero-order valence-corrected chi connectivity index (χ0v) is 55.2. The van der Waals surface area contributed by atoms with E-state index in [0.29, 0.717) is 19.3 Å². The predicted octanol–water partition coefficient (Wildman–Crippen LogP) is 25.0. The van der Waals surface area contributed by atoms with E-state index in [4.69, 9.17) is 14.2 Å². The molecule has 6 nitrogen and oxygen atoms in total. The molecule has 0 bridgehead atoms. The summed E-state index contributed by atoms with van der Waals surface area (Å²) in [6.45, 7) is 6.47. The Bertz CT molecular complexity index is 1570. The van der Waals surface area contributed by atoms with Crippen LogP contribution in [-0.2, 0) is 28.6 Å². The van der Waals surface area contributed by atoms with Gasteiger partial charge in [-0.2, -0.15) is 0 Å². The van der Waals surface area contributed by atoms with Crippen LogP contribution in [0.1, 0.15) is 367 Å². The number of ether oxygens (including phenoxy) is 3. The molecule has 0 radical (unpaired) electrons. The Balaban J connectivity index is 4.16. The highest BCUT2D eigenvalue weighted by Gasteiger charge is 2.19. The lowest BCUT2D eigenvalue weighted by molar-refractivity contribution is -0.167. The van der Waals surface area contributed by atoms with Crippen LogP contribution in [-0.4, -0.2) is 37.2 Å². The van der Waals surface area contributed by atoms with Crippen molar-refractivity contribution in [3.05, 3.63) is 85.1 Å². The lowest BCUT2D eigenvalue weighted by atomic mass is 10.0. The fraction of sp³-hybridized carbons (Fsp3) is 0.779. The van der Waals surface area contributed by atoms with Gasteiger partial charge < -0.3 is 14.2 Å². The zero-order valence-electron chi connectivity index (χ0n) is 55.2. The zero-order chi connectivity index (χ0) is 59.9. The summed E-state index contributed by atoms with van der Waals surface area (Å²) >= 11 is 0. The van der Waals surface area contributed by atoms with E-state index in [0.717, 1.165) is 103 Å². The van der Waals surface area contributed by atoms with Crippen LogP contribution < -0.4 is 0 Å². The number of esters is 3. The first-order chi connectivity index (χ1) is 41.0. The maximum atomic E-state index is 12.9. The Labute approximate surface area is 515 Å². The summed E-state index contributed by atoms with van der Waals surface area (Å²) < 4.78 is 16.9. The van der Waals surface area contributed by atoms with E-state index < -0.39 is 6.10 Å². The minimum absolute atomic E-state index is 0.101. The van der Waals surface area contributed by atoms with E-state index in [1.54, 1.807) is 0 Å². The molecular formula is C77H136O6. The Hall–Kier alpha value is -3.41. The van der Waals surface area contributed by atoms with Gasteiger partial charge in [0.2, 0.25) is 0 Å². The van der Waals surface area contributed by atoms with Gasteiger partial charge in [0, 0.05) is 19.3 Å². The van der Waals surface area contributed by atoms with Gasteiger partial charge in [-0.3, -0.25) is 14.4 Å². The third kappa shape index (κ3) is 69.3. The van der Waals surface area contributed by atoms with Gasteiger partial charge in [0.05, 0.1) is 0 Å².